The fraction of sp³-hybridized carbons (Fsp3) is 0.323. The Kier molecular flexibility index (Phi) is 24.9. The van der Waals surface area contributed by atoms with Crippen molar-refractivity contribution in [1.82, 2.24) is 25.3 Å². The maximum atomic E-state index is 12.4. The van der Waals surface area contributed by atoms with E-state index in [1.54, 1.807) is 60.9 Å². The van der Waals surface area contributed by atoms with Crippen LogP contribution in [0.5, 0.6) is 23.0 Å². The van der Waals surface area contributed by atoms with E-state index in [1.807, 2.05) is 121 Å². The molecule has 3 unspecified atom stereocenters. The van der Waals surface area contributed by atoms with Crippen LogP contribution >= 0.6 is 0 Å². The maximum absolute atomic E-state index is 12.4. The maximum Gasteiger partial charge on any atom is 0.261 e. The van der Waals surface area contributed by atoms with Crippen molar-refractivity contribution < 1.29 is 62.1 Å². The number of hydrogen-bond donors (Lipinski definition) is 5. The summed E-state index contributed by atoms with van der Waals surface area (Å²) in [6, 6.07) is 52.4. The first kappa shape index (κ1) is 67.9. The van der Waals surface area contributed by atoms with Crippen LogP contribution in [-0.2, 0) is 76.0 Å². The molecule has 5 N–H and O–H groups in total. The van der Waals surface area contributed by atoms with Crippen LogP contribution in [0.3, 0.4) is 0 Å². The second kappa shape index (κ2) is 33.8. The summed E-state index contributed by atoms with van der Waals surface area (Å²) in [6.45, 7) is 3.71. The summed E-state index contributed by atoms with van der Waals surface area (Å²) in [6.07, 6.45) is 11.8. The Labute approximate surface area is 538 Å². The zero-order chi connectivity index (χ0) is 64.5. The van der Waals surface area contributed by atoms with Gasteiger partial charge in [-0.15, -0.1) is 0 Å². The van der Waals surface area contributed by atoms with E-state index in [-0.39, 0.29) is 35.1 Å². The van der Waals surface area contributed by atoms with E-state index in [1.165, 1.54) is 12.4 Å². The quantitative estimate of drug-likeness (QED) is 0.0376. The van der Waals surface area contributed by atoms with Crippen molar-refractivity contribution in [1.29, 1.82) is 0 Å². The molecule has 3 saturated heterocycles. The number of sulfonamides is 4. The average molecular weight is 1330 g/mol. The highest BCUT2D eigenvalue weighted by Gasteiger charge is 2.34. The molecular weight excluding hydrogens is 1260 g/mol. The number of ether oxygens (including phenoxy) is 6. The molecule has 92 heavy (non-hydrogen) atoms. The lowest BCUT2D eigenvalue weighted by molar-refractivity contribution is 0.166. The molecule has 3 atom stereocenters. The Morgan fingerprint density at radius 2 is 0.739 bits per heavy atom. The summed E-state index contributed by atoms with van der Waals surface area (Å²) in [5.74, 6) is 2.53. The summed E-state index contributed by atoms with van der Waals surface area (Å²) >= 11 is 0. The molecule has 0 radical (unpaired) electrons. The molecular formula is C65H75N9O14S4. The highest BCUT2D eigenvalue weighted by atomic mass is 32.2. The first-order valence-electron chi connectivity index (χ1n) is 30.0. The minimum absolute atomic E-state index is 0.180. The van der Waals surface area contributed by atoms with Crippen LogP contribution in [0.4, 0.5) is 23.3 Å². The summed E-state index contributed by atoms with van der Waals surface area (Å²) in [4.78, 5) is 16.4. The molecule has 4 aromatic carbocycles. The summed E-state index contributed by atoms with van der Waals surface area (Å²) in [7, 11) is -14.1. The molecule has 1 aliphatic carbocycles. The van der Waals surface area contributed by atoms with E-state index < -0.39 is 56.0 Å². The Balaban J connectivity index is 0.000000145. The molecule has 4 fully saturated rings. The number of hydrogen-bond acceptors (Lipinski definition) is 19. The standard InChI is InChI=1S/C17H20N2O3S.C16H19N3O3S.2C16H18N2O4S/c20-23(21,15-9-4-5-10-15)19-17-16(11-6-12-18-17)22-13-14-7-2-1-3-8-14;20-23(21,14-8-10-17-11-14)19-16-15(7-4-9-18-16)22-12-13-5-2-1-3-6-13;19-23(20,15-9-5-11-21-15)18-16-14(8-4-10-17-16)22-12-13-6-2-1-3-7-13;19-23(20,14-8-10-21-12-14)18-16-15(7-4-9-17-16)22-11-13-5-2-1-3-6-13/h1-3,6-8,11-12,15H,4-5,9-10,13H2,(H,18,19);1-7,9,14,17H,8,10-12H2,(H,18,19);1-4,6-8,10,15H,5,9,11-12H2,(H,17,18);1-7,9,14H,8,10-12H2,(H,17,18). The third-order valence-corrected chi connectivity index (χ3v) is 21.6. The zero-order valence-electron chi connectivity index (χ0n) is 50.4. The molecule has 27 heteroatoms. The van der Waals surface area contributed by atoms with Gasteiger partial charge in [0.2, 0.25) is 30.1 Å². The third kappa shape index (κ3) is 20.8. The highest BCUT2D eigenvalue weighted by Crippen LogP contribution is 2.31. The summed E-state index contributed by atoms with van der Waals surface area (Å²) in [5, 5.41) is 1.74. The Bertz CT molecular complexity index is 3500. The largest absolute Gasteiger partial charge is 0.485 e. The van der Waals surface area contributed by atoms with Crippen molar-refractivity contribution in [3.63, 3.8) is 0 Å². The predicted molar refractivity (Wildman–Crippen MR) is 352 cm³/mol. The molecule has 0 bridgehead atoms. The second-order valence-electron chi connectivity index (χ2n) is 21.5. The predicted octanol–water partition coefficient (Wildman–Crippen LogP) is 9.84. The molecule has 7 heterocycles. The number of nitrogens with one attached hydrogen (secondary N) is 5. The average Bonchev–Trinajstić information content (AvgIpc) is 2.98. The van der Waals surface area contributed by atoms with Crippen molar-refractivity contribution >= 4 is 63.4 Å². The number of rotatable bonds is 24. The summed E-state index contributed by atoms with van der Waals surface area (Å²) in [5.41, 5.74) is 3.18. The molecule has 488 valence electrons. The zero-order valence-corrected chi connectivity index (χ0v) is 53.7. The molecule has 1 saturated carbocycles. The van der Waals surface area contributed by atoms with Gasteiger partial charge in [-0.25, -0.2) is 53.6 Å². The first-order chi connectivity index (χ1) is 44.6. The van der Waals surface area contributed by atoms with Gasteiger partial charge in [-0.1, -0.05) is 134 Å². The SMILES string of the molecule is O=S(=O)(Nc1ncccc1OCc1ccccc1)C1CCCC1.O=S(=O)(Nc1ncccc1OCc1ccccc1)C1CCCO1.O=S(=O)(Nc1ncccc1OCc1ccccc1)C1CCNC1.O=S(=O)(Nc1ncccc1OCc1ccccc1)C1CCOC1. The third-order valence-electron chi connectivity index (χ3n) is 14.7. The van der Waals surface area contributed by atoms with Gasteiger partial charge in [0, 0.05) is 44.5 Å². The molecule has 4 aliphatic rings. The van der Waals surface area contributed by atoms with E-state index in [4.69, 9.17) is 28.4 Å². The van der Waals surface area contributed by atoms with E-state index in [2.05, 4.69) is 44.1 Å². The van der Waals surface area contributed by atoms with Crippen molar-refractivity contribution in [2.45, 2.75) is 99.0 Å². The lowest BCUT2D eigenvalue weighted by atomic mass is 10.2. The van der Waals surface area contributed by atoms with Crippen molar-refractivity contribution in [3.8, 4) is 23.0 Å². The smallest absolute Gasteiger partial charge is 0.261 e. The lowest BCUT2D eigenvalue weighted by Gasteiger charge is -2.15. The van der Waals surface area contributed by atoms with Crippen molar-refractivity contribution in [2.24, 2.45) is 0 Å². The van der Waals surface area contributed by atoms with E-state index in [9.17, 15) is 33.7 Å². The van der Waals surface area contributed by atoms with Gasteiger partial charge < -0.3 is 33.7 Å². The number of pyridine rings is 4. The first-order valence-corrected chi connectivity index (χ1v) is 36.2. The minimum atomic E-state index is -3.63. The Morgan fingerprint density at radius 3 is 1.07 bits per heavy atom. The van der Waals surface area contributed by atoms with Gasteiger partial charge in [-0.2, -0.15) is 0 Å². The van der Waals surface area contributed by atoms with Crippen LogP contribution in [-0.4, -0.2) is 108 Å². The van der Waals surface area contributed by atoms with Crippen LogP contribution in [0.25, 0.3) is 0 Å². The number of benzene rings is 4. The molecule has 8 aromatic rings. The molecule has 0 amide bonds. The number of nitrogens with zero attached hydrogens (tertiary/aromatic N) is 4. The van der Waals surface area contributed by atoms with Gasteiger partial charge >= 0.3 is 0 Å². The van der Waals surface area contributed by atoms with Crippen LogP contribution in [0.1, 0.15) is 73.6 Å². The minimum Gasteiger partial charge on any atom is -0.485 e. The van der Waals surface area contributed by atoms with Crippen LogP contribution < -0.4 is 43.2 Å². The Hall–Kier alpha value is -8.44. The van der Waals surface area contributed by atoms with E-state index in [0.717, 1.165) is 41.5 Å². The van der Waals surface area contributed by atoms with Gasteiger partial charge in [0.05, 0.1) is 17.1 Å². The van der Waals surface area contributed by atoms with Gasteiger partial charge in [-0.3, -0.25) is 18.9 Å². The normalized spacial score (nSPS) is 17.2. The molecule has 12 rings (SSSR count). The molecule has 0 spiro atoms. The van der Waals surface area contributed by atoms with Crippen LogP contribution in [0.2, 0.25) is 0 Å². The van der Waals surface area contributed by atoms with Gasteiger partial charge in [-0.05, 0) is 116 Å². The van der Waals surface area contributed by atoms with E-state index in [0.29, 0.717) is 108 Å². The number of aromatic nitrogens is 4. The fourth-order valence-electron chi connectivity index (χ4n) is 9.77. The molecule has 3 aliphatic heterocycles. The van der Waals surface area contributed by atoms with E-state index >= 15 is 0 Å². The topological polar surface area (TPSA) is 304 Å². The van der Waals surface area contributed by atoms with Crippen molar-refractivity contribution in [2.75, 3.05) is 51.8 Å². The molecule has 4 aromatic heterocycles. The fourth-order valence-corrected chi connectivity index (χ4v) is 15.2. The number of anilines is 4. The Morgan fingerprint density at radius 1 is 0.380 bits per heavy atom. The van der Waals surface area contributed by atoms with Crippen LogP contribution in [0.15, 0.2) is 195 Å². The summed E-state index contributed by atoms with van der Waals surface area (Å²) < 4.78 is 142. The van der Waals surface area contributed by atoms with Gasteiger partial charge in [0.15, 0.2) is 51.7 Å². The monoisotopic (exact) mass is 1330 g/mol. The van der Waals surface area contributed by atoms with Gasteiger partial charge in [0.1, 0.15) is 31.7 Å². The lowest BCUT2D eigenvalue weighted by Crippen LogP contribution is -2.30. The second-order valence-corrected chi connectivity index (χ2v) is 29.2. The molecule has 23 nitrogen and oxygen atoms in total. The van der Waals surface area contributed by atoms with Crippen LogP contribution in [0, 0.1) is 0 Å². The van der Waals surface area contributed by atoms with Gasteiger partial charge in [0.25, 0.3) is 10.0 Å². The highest BCUT2D eigenvalue weighted by molar-refractivity contribution is 7.94. The van der Waals surface area contributed by atoms with Crippen molar-refractivity contribution in [3.05, 3.63) is 217 Å².